The lowest BCUT2D eigenvalue weighted by Crippen LogP contribution is -2.46. The SMILES string of the molecule is COC1CC2C[C@H](OC(=O)C(c3ccccc3)C3CCCCC3)CC1N2C. The van der Waals surface area contributed by atoms with Crippen LogP contribution in [0.5, 0.6) is 0 Å². The van der Waals surface area contributed by atoms with Crippen LogP contribution >= 0.6 is 0 Å². The summed E-state index contributed by atoms with van der Waals surface area (Å²) in [6.45, 7) is 0. The van der Waals surface area contributed by atoms with E-state index in [1.807, 2.05) is 18.2 Å². The Labute approximate surface area is 163 Å². The van der Waals surface area contributed by atoms with Gasteiger partial charge in [-0.3, -0.25) is 9.69 Å². The fraction of sp³-hybridized carbons (Fsp3) is 0.696. The van der Waals surface area contributed by atoms with Crippen LogP contribution in [0, 0.1) is 5.92 Å². The lowest BCUT2D eigenvalue weighted by Gasteiger charge is -2.37. The molecule has 27 heavy (non-hydrogen) atoms. The number of hydrogen-bond donors (Lipinski definition) is 0. The van der Waals surface area contributed by atoms with Gasteiger partial charge >= 0.3 is 5.97 Å². The first-order chi connectivity index (χ1) is 13.2. The normalized spacial score (nSPS) is 33.0. The van der Waals surface area contributed by atoms with Gasteiger partial charge in [-0.25, -0.2) is 0 Å². The van der Waals surface area contributed by atoms with Gasteiger partial charge in [0.2, 0.25) is 0 Å². The quantitative estimate of drug-likeness (QED) is 0.729. The highest BCUT2D eigenvalue weighted by molar-refractivity contribution is 5.78. The molecule has 0 N–H and O–H groups in total. The van der Waals surface area contributed by atoms with Gasteiger partial charge in [0.05, 0.1) is 12.0 Å². The molecule has 2 bridgehead atoms. The number of ether oxygens (including phenoxy) is 2. The van der Waals surface area contributed by atoms with Crippen molar-refractivity contribution in [2.75, 3.05) is 14.2 Å². The van der Waals surface area contributed by atoms with E-state index in [0.717, 1.165) is 37.7 Å². The number of benzene rings is 1. The molecule has 0 radical (unpaired) electrons. The Bertz CT molecular complexity index is 628. The van der Waals surface area contributed by atoms with E-state index in [1.54, 1.807) is 7.11 Å². The number of methoxy groups -OCH3 is 1. The second kappa shape index (κ2) is 8.32. The molecule has 2 aliphatic heterocycles. The van der Waals surface area contributed by atoms with E-state index >= 15 is 0 Å². The maximum Gasteiger partial charge on any atom is 0.313 e. The number of likely N-dealkylation sites (N-methyl/N-ethyl adjacent to an activating group) is 1. The molecule has 1 aromatic rings. The van der Waals surface area contributed by atoms with Crippen molar-refractivity contribution in [3.05, 3.63) is 35.9 Å². The van der Waals surface area contributed by atoms with Gasteiger partial charge in [-0.05, 0) is 37.8 Å². The zero-order valence-corrected chi connectivity index (χ0v) is 16.7. The van der Waals surface area contributed by atoms with E-state index in [-0.39, 0.29) is 24.1 Å². The average molecular weight is 372 g/mol. The Hall–Kier alpha value is -1.39. The maximum atomic E-state index is 13.3. The second-order valence-corrected chi connectivity index (χ2v) is 8.71. The summed E-state index contributed by atoms with van der Waals surface area (Å²) in [6, 6.07) is 11.1. The highest BCUT2D eigenvalue weighted by atomic mass is 16.5. The summed E-state index contributed by atoms with van der Waals surface area (Å²) >= 11 is 0. The molecule has 0 spiro atoms. The molecule has 3 aliphatic rings. The molecule has 0 amide bonds. The molecule has 0 aromatic heterocycles. The number of carbonyl (C=O) groups excluding carboxylic acids is 1. The third-order valence-corrected chi connectivity index (χ3v) is 7.19. The number of fused-ring (bicyclic) bond motifs is 2. The first-order valence-electron chi connectivity index (χ1n) is 10.7. The van der Waals surface area contributed by atoms with Crippen molar-refractivity contribution < 1.29 is 14.3 Å². The molecule has 3 fully saturated rings. The second-order valence-electron chi connectivity index (χ2n) is 8.71. The van der Waals surface area contributed by atoms with Crippen molar-refractivity contribution in [3.63, 3.8) is 0 Å². The van der Waals surface area contributed by atoms with Gasteiger partial charge in [-0.1, -0.05) is 49.6 Å². The molecule has 2 saturated heterocycles. The van der Waals surface area contributed by atoms with E-state index in [9.17, 15) is 4.79 Å². The average Bonchev–Trinajstić information content (AvgIpc) is 2.87. The Morgan fingerprint density at radius 2 is 1.81 bits per heavy atom. The predicted octanol–water partition coefficient (Wildman–Crippen LogP) is 4.14. The third-order valence-electron chi connectivity index (χ3n) is 7.19. The number of carbonyl (C=O) groups is 1. The minimum atomic E-state index is -0.109. The molecule has 5 atom stereocenters. The van der Waals surface area contributed by atoms with Crippen LogP contribution in [0.15, 0.2) is 30.3 Å². The van der Waals surface area contributed by atoms with Crippen molar-refractivity contribution in [3.8, 4) is 0 Å². The molecule has 4 heteroatoms. The fourth-order valence-electron chi connectivity index (χ4n) is 5.69. The molecule has 148 valence electrons. The van der Waals surface area contributed by atoms with Gasteiger partial charge < -0.3 is 9.47 Å². The largest absolute Gasteiger partial charge is 0.462 e. The van der Waals surface area contributed by atoms with Crippen molar-refractivity contribution in [2.45, 2.75) is 81.6 Å². The lowest BCUT2D eigenvalue weighted by molar-refractivity contribution is -0.156. The maximum absolute atomic E-state index is 13.3. The van der Waals surface area contributed by atoms with Crippen LogP contribution in [0.25, 0.3) is 0 Å². The van der Waals surface area contributed by atoms with Crippen LogP contribution in [0.2, 0.25) is 0 Å². The molecule has 4 rings (SSSR count). The third kappa shape index (κ3) is 3.93. The van der Waals surface area contributed by atoms with E-state index in [4.69, 9.17) is 9.47 Å². The van der Waals surface area contributed by atoms with Crippen LogP contribution in [-0.4, -0.2) is 49.3 Å². The summed E-state index contributed by atoms with van der Waals surface area (Å²) in [7, 11) is 3.98. The Balaban J connectivity index is 1.47. The van der Waals surface area contributed by atoms with Gasteiger partial charge in [0, 0.05) is 32.0 Å². The van der Waals surface area contributed by atoms with Gasteiger partial charge in [0.15, 0.2) is 0 Å². The Morgan fingerprint density at radius 3 is 2.52 bits per heavy atom. The summed E-state index contributed by atoms with van der Waals surface area (Å²) in [4.78, 5) is 15.7. The van der Waals surface area contributed by atoms with Crippen molar-refractivity contribution >= 4 is 5.97 Å². The minimum Gasteiger partial charge on any atom is -0.462 e. The summed E-state index contributed by atoms with van der Waals surface area (Å²) in [5.74, 6) is 0.307. The van der Waals surface area contributed by atoms with Crippen molar-refractivity contribution in [2.24, 2.45) is 5.92 Å². The van der Waals surface area contributed by atoms with Crippen LogP contribution in [-0.2, 0) is 14.3 Å². The first-order valence-corrected chi connectivity index (χ1v) is 10.7. The summed E-state index contributed by atoms with van der Waals surface area (Å²) in [6.07, 6.45) is 9.21. The minimum absolute atomic E-state index is 0.00369. The number of rotatable bonds is 5. The Morgan fingerprint density at radius 1 is 1.07 bits per heavy atom. The number of esters is 1. The van der Waals surface area contributed by atoms with Crippen LogP contribution in [0.1, 0.15) is 62.8 Å². The van der Waals surface area contributed by atoms with Crippen molar-refractivity contribution in [1.29, 1.82) is 0 Å². The molecule has 2 heterocycles. The highest BCUT2D eigenvalue weighted by Crippen LogP contribution is 2.40. The molecule has 1 saturated carbocycles. The fourth-order valence-corrected chi connectivity index (χ4v) is 5.69. The number of hydrogen-bond acceptors (Lipinski definition) is 4. The number of nitrogens with zero attached hydrogens (tertiary/aromatic N) is 1. The summed E-state index contributed by atoms with van der Waals surface area (Å²) in [5.41, 5.74) is 1.13. The smallest absolute Gasteiger partial charge is 0.313 e. The van der Waals surface area contributed by atoms with Crippen LogP contribution < -0.4 is 0 Å². The standard InChI is InChI=1S/C23H33NO3/c1-24-18-13-19(15-20(24)21(14-18)26-2)27-23(25)22(16-9-5-3-6-10-16)17-11-7-4-8-12-17/h3,5-6,9-10,17-22H,4,7-8,11-15H2,1-2H3/t18?,19-,20?,21?,22?/m0/s1. The summed E-state index contributed by atoms with van der Waals surface area (Å²) < 4.78 is 11.8. The van der Waals surface area contributed by atoms with Crippen LogP contribution in [0.3, 0.4) is 0 Å². The Kier molecular flexibility index (Phi) is 5.84. The van der Waals surface area contributed by atoms with Gasteiger partial charge in [-0.2, -0.15) is 0 Å². The van der Waals surface area contributed by atoms with Gasteiger partial charge in [0.25, 0.3) is 0 Å². The first kappa shape index (κ1) is 18.9. The molecule has 4 nitrogen and oxygen atoms in total. The van der Waals surface area contributed by atoms with E-state index in [2.05, 4.69) is 24.1 Å². The zero-order valence-electron chi connectivity index (χ0n) is 16.7. The number of piperidine rings is 1. The monoisotopic (exact) mass is 371 g/mol. The molecule has 1 aliphatic carbocycles. The topological polar surface area (TPSA) is 38.8 Å². The molecule has 4 unspecified atom stereocenters. The van der Waals surface area contributed by atoms with E-state index < -0.39 is 0 Å². The molecule has 1 aromatic carbocycles. The van der Waals surface area contributed by atoms with Crippen molar-refractivity contribution in [1.82, 2.24) is 4.90 Å². The summed E-state index contributed by atoms with van der Waals surface area (Å²) in [5, 5.41) is 0. The zero-order chi connectivity index (χ0) is 18.8. The van der Waals surface area contributed by atoms with Gasteiger partial charge in [0.1, 0.15) is 6.10 Å². The lowest BCUT2D eigenvalue weighted by atomic mass is 9.77. The van der Waals surface area contributed by atoms with Gasteiger partial charge in [-0.15, -0.1) is 0 Å². The predicted molar refractivity (Wildman–Crippen MR) is 106 cm³/mol. The van der Waals surface area contributed by atoms with E-state index in [0.29, 0.717) is 18.0 Å². The van der Waals surface area contributed by atoms with E-state index in [1.165, 1.54) is 19.3 Å². The molecular weight excluding hydrogens is 338 g/mol. The van der Waals surface area contributed by atoms with Crippen LogP contribution in [0.4, 0.5) is 0 Å². The molecular formula is C23H33NO3. The highest BCUT2D eigenvalue weighted by Gasteiger charge is 2.46.